The van der Waals surface area contributed by atoms with Crippen LogP contribution in [0.25, 0.3) is 0 Å². The van der Waals surface area contributed by atoms with Crippen molar-refractivity contribution in [3.8, 4) is 0 Å². The van der Waals surface area contributed by atoms with Gasteiger partial charge in [-0.15, -0.1) is 0 Å². The van der Waals surface area contributed by atoms with Crippen molar-refractivity contribution >= 4 is 17.6 Å². The molecule has 0 aromatic heterocycles. The van der Waals surface area contributed by atoms with Gasteiger partial charge in [0.1, 0.15) is 5.82 Å². The van der Waals surface area contributed by atoms with Crippen molar-refractivity contribution in [3.05, 3.63) is 30.1 Å². The molecule has 2 aliphatic rings. The number of urea groups is 1. The zero-order chi connectivity index (χ0) is 17.6. The molecule has 25 heavy (non-hydrogen) atoms. The minimum atomic E-state index is -0.342. The topological polar surface area (TPSA) is 70.7 Å². The fourth-order valence-electron chi connectivity index (χ4n) is 3.29. The van der Waals surface area contributed by atoms with Crippen LogP contribution in [0.4, 0.5) is 14.9 Å². The van der Waals surface area contributed by atoms with E-state index in [1.54, 1.807) is 0 Å². The monoisotopic (exact) mass is 349 g/mol. The second-order valence-electron chi connectivity index (χ2n) is 6.60. The lowest BCUT2D eigenvalue weighted by Crippen LogP contribution is -2.48. The third kappa shape index (κ3) is 5.16. The Balaban J connectivity index is 1.38. The number of amides is 3. The highest BCUT2D eigenvalue weighted by Crippen LogP contribution is 2.18. The van der Waals surface area contributed by atoms with Gasteiger partial charge in [0.05, 0.1) is 12.5 Å². The number of benzene rings is 1. The summed E-state index contributed by atoms with van der Waals surface area (Å²) in [6.07, 6.45) is 4.00. The largest absolute Gasteiger partial charge is 0.378 e. The fraction of sp³-hybridized carbons (Fsp3) is 0.556. The van der Waals surface area contributed by atoms with E-state index in [0.717, 1.165) is 32.3 Å². The molecule has 0 spiro atoms. The maximum Gasteiger partial charge on any atom is 0.319 e. The summed E-state index contributed by atoms with van der Waals surface area (Å²) in [7, 11) is 0. The third-order valence-corrected chi connectivity index (χ3v) is 4.71. The maximum absolute atomic E-state index is 12.9. The highest BCUT2D eigenvalue weighted by Gasteiger charge is 2.27. The number of hydrogen-bond acceptors (Lipinski definition) is 3. The fourth-order valence-corrected chi connectivity index (χ4v) is 3.29. The van der Waals surface area contributed by atoms with Crippen LogP contribution in [0.3, 0.4) is 0 Å². The van der Waals surface area contributed by atoms with Crippen LogP contribution in [0.15, 0.2) is 24.3 Å². The number of carbonyl (C=O) groups excluding carboxylic acids is 2. The van der Waals surface area contributed by atoms with E-state index >= 15 is 0 Å². The quantitative estimate of drug-likeness (QED) is 0.877. The van der Waals surface area contributed by atoms with Gasteiger partial charge in [-0.1, -0.05) is 0 Å². The van der Waals surface area contributed by atoms with Gasteiger partial charge in [-0.05, 0) is 49.9 Å². The van der Waals surface area contributed by atoms with Gasteiger partial charge in [0.15, 0.2) is 0 Å². The van der Waals surface area contributed by atoms with Crippen molar-refractivity contribution in [1.82, 2.24) is 10.2 Å². The molecular weight excluding hydrogens is 325 g/mol. The summed E-state index contributed by atoms with van der Waals surface area (Å²) < 4.78 is 18.4. The first-order valence-electron chi connectivity index (χ1n) is 8.82. The summed E-state index contributed by atoms with van der Waals surface area (Å²) in [5.41, 5.74) is 0.545. The average molecular weight is 349 g/mol. The molecular formula is C18H24FN3O3. The van der Waals surface area contributed by atoms with E-state index in [1.807, 2.05) is 4.90 Å². The van der Waals surface area contributed by atoms with Crippen LogP contribution in [-0.2, 0) is 9.53 Å². The molecule has 7 heteroatoms. The van der Waals surface area contributed by atoms with Crippen LogP contribution < -0.4 is 10.6 Å². The number of carbonyl (C=O) groups is 2. The number of piperidine rings is 1. The van der Waals surface area contributed by atoms with Crippen molar-refractivity contribution in [1.29, 1.82) is 0 Å². The van der Waals surface area contributed by atoms with Gasteiger partial charge in [0.2, 0.25) is 5.91 Å². The molecule has 6 nitrogen and oxygen atoms in total. The summed E-state index contributed by atoms with van der Waals surface area (Å²) in [5.74, 6) is -0.202. The second kappa shape index (κ2) is 8.29. The van der Waals surface area contributed by atoms with Crippen LogP contribution in [-0.4, -0.2) is 48.7 Å². The van der Waals surface area contributed by atoms with E-state index < -0.39 is 0 Å². The Morgan fingerprint density at radius 2 is 1.88 bits per heavy atom. The molecule has 2 N–H and O–H groups in total. The highest BCUT2D eigenvalue weighted by molar-refractivity contribution is 5.89. The molecule has 0 radical (unpaired) electrons. The van der Waals surface area contributed by atoms with Crippen molar-refractivity contribution < 1.29 is 18.7 Å². The summed E-state index contributed by atoms with van der Waals surface area (Å²) in [4.78, 5) is 26.1. The van der Waals surface area contributed by atoms with E-state index in [1.165, 1.54) is 24.3 Å². The predicted molar refractivity (Wildman–Crippen MR) is 91.7 cm³/mol. The van der Waals surface area contributed by atoms with Gasteiger partial charge in [0, 0.05) is 31.4 Å². The molecule has 3 rings (SSSR count). The van der Waals surface area contributed by atoms with Crippen molar-refractivity contribution in [3.63, 3.8) is 0 Å². The first-order chi connectivity index (χ1) is 12.1. The number of nitrogens with one attached hydrogen (secondary N) is 2. The normalized spacial score (nSPS) is 21.2. The first kappa shape index (κ1) is 17.7. The van der Waals surface area contributed by atoms with E-state index in [2.05, 4.69) is 10.6 Å². The summed E-state index contributed by atoms with van der Waals surface area (Å²) in [5, 5.41) is 5.59. The summed E-state index contributed by atoms with van der Waals surface area (Å²) in [6, 6.07) is 5.35. The number of likely N-dealkylation sites (tertiary alicyclic amines) is 1. The Morgan fingerprint density at radius 3 is 2.52 bits per heavy atom. The predicted octanol–water partition coefficient (Wildman–Crippen LogP) is 2.51. The van der Waals surface area contributed by atoms with Crippen LogP contribution in [0.2, 0.25) is 0 Å². The zero-order valence-electron chi connectivity index (χ0n) is 14.2. The Bertz CT molecular complexity index is 594. The first-order valence-corrected chi connectivity index (χ1v) is 8.82. The lowest BCUT2D eigenvalue weighted by Gasteiger charge is -2.33. The van der Waals surface area contributed by atoms with Crippen LogP contribution in [0.5, 0.6) is 0 Å². The minimum Gasteiger partial charge on any atom is -0.378 e. The molecule has 2 heterocycles. The van der Waals surface area contributed by atoms with Gasteiger partial charge >= 0.3 is 6.03 Å². The number of hydrogen-bond donors (Lipinski definition) is 2. The molecule has 1 atom stereocenters. The van der Waals surface area contributed by atoms with E-state index in [4.69, 9.17) is 4.74 Å². The minimum absolute atomic E-state index is 0.0345. The lowest BCUT2D eigenvalue weighted by atomic mass is 10.0. The number of anilines is 1. The number of rotatable bonds is 4. The molecule has 1 aromatic rings. The molecule has 0 saturated carbocycles. The zero-order valence-corrected chi connectivity index (χ0v) is 14.2. The van der Waals surface area contributed by atoms with Gasteiger partial charge in [-0.2, -0.15) is 0 Å². The van der Waals surface area contributed by atoms with Crippen molar-refractivity contribution in [2.24, 2.45) is 0 Å². The van der Waals surface area contributed by atoms with Crippen molar-refractivity contribution in [2.75, 3.05) is 25.0 Å². The molecule has 2 aliphatic heterocycles. The highest BCUT2D eigenvalue weighted by atomic mass is 19.1. The molecule has 3 amide bonds. The summed E-state index contributed by atoms with van der Waals surface area (Å²) >= 11 is 0. The summed E-state index contributed by atoms with van der Waals surface area (Å²) in [6.45, 7) is 2.05. The van der Waals surface area contributed by atoms with E-state index in [-0.39, 0.29) is 29.9 Å². The van der Waals surface area contributed by atoms with Gasteiger partial charge in [-0.25, -0.2) is 9.18 Å². The average Bonchev–Trinajstić information content (AvgIpc) is 3.10. The number of ether oxygens (including phenoxy) is 1. The van der Waals surface area contributed by atoms with Crippen molar-refractivity contribution in [2.45, 2.75) is 44.2 Å². The third-order valence-electron chi connectivity index (χ3n) is 4.71. The Hall–Kier alpha value is -2.15. The SMILES string of the molecule is O=C(Nc1ccc(F)cc1)NC1CCN(C(=O)CC2CCCO2)CC1. The number of nitrogens with zero attached hydrogens (tertiary/aromatic N) is 1. The molecule has 136 valence electrons. The van der Waals surface area contributed by atoms with Gasteiger partial charge in [-0.3, -0.25) is 4.79 Å². The Morgan fingerprint density at radius 1 is 1.16 bits per heavy atom. The standard InChI is InChI=1S/C18H24FN3O3/c19-13-3-5-14(6-4-13)20-18(24)21-15-7-9-22(10-8-15)17(23)12-16-2-1-11-25-16/h3-6,15-16H,1-2,7-12H2,(H2,20,21,24). The van der Waals surface area contributed by atoms with Crippen LogP contribution in [0.1, 0.15) is 32.1 Å². The van der Waals surface area contributed by atoms with Crippen LogP contribution in [0, 0.1) is 5.82 Å². The molecule has 2 fully saturated rings. The molecule has 0 bridgehead atoms. The van der Waals surface area contributed by atoms with E-state index in [0.29, 0.717) is 25.2 Å². The van der Waals surface area contributed by atoms with Crippen LogP contribution >= 0.6 is 0 Å². The second-order valence-corrected chi connectivity index (χ2v) is 6.60. The molecule has 1 unspecified atom stereocenters. The maximum atomic E-state index is 12.9. The Labute approximate surface area is 146 Å². The molecule has 0 aliphatic carbocycles. The van der Waals surface area contributed by atoms with E-state index in [9.17, 15) is 14.0 Å². The smallest absolute Gasteiger partial charge is 0.319 e. The Kier molecular flexibility index (Phi) is 5.86. The number of halogens is 1. The van der Waals surface area contributed by atoms with Gasteiger partial charge < -0.3 is 20.3 Å². The molecule has 2 saturated heterocycles. The molecule has 1 aromatic carbocycles. The van der Waals surface area contributed by atoms with Gasteiger partial charge in [0.25, 0.3) is 0 Å². The lowest BCUT2D eigenvalue weighted by molar-refractivity contribution is -0.134.